The monoisotopic (exact) mass is 320 g/mol. The van der Waals surface area contributed by atoms with Gasteiger partial charge in [-0.3, -0.25) is 4.57 Å². The van der Waals surface area contributed by atoms with E-state index in [-0.39, 0.29) is 72.3 Å². The number of rotatable bonds is 8. The summed E-state index contributed by atoms with van der Waals surface area (Å²) in [6.07, 6.45) is -3.01. The molecule has 0 aromatic heterocycles. The summed E-state index contributed by atoms with van der Waals surface area (Å²) in [7, 11) is -8.34. The van der Waals surface area contributed by atoms with E-state index >= 15 is 0 Å². The molecule has 0 radical (unpaired) electrons. The van der Waals surface area contributed by atoms with Crippen LogP contribution in [0.4, 0.5) is 0 Å². The van der Waals surface area contributed by atoms with Crippen molar-refractivity contribution in [2.75, 3.05) is 25.5 Å². The van der Waals surface area contributed by atoms with Crippen LogP contribution < -0.4 is 68.9 Å². The normalized spacial score (nSPS) is 13.4. The summed E-state index contributed by atoms with van der Waals surface area (Å²) >= 11 is 0. The average molecular weight is 320 g/mol. The first kappa shape index (κ1) is 25.2. The van der Waals surface area contributed by atoms with E-state index in [2.05, 4.69) is 0 Å². The molecule has 0 saturated heterocycles. The standard InChI is InChI=1S/C7H18O7P2.2Na/c1-3-13-16(12,14-4-2)6-7(8)5-15(9,10)11;;/h7-8H,3-6H2,1-2H3,(H2,9,10,11);;/q;2*+1/p-2. The number of aliphatic hydroxyl groups is 1. The van der Waals surface area contributed by atoms with Gasteiger partial charge in [0.1, 0.15) is 0 Å². The Morgan fingerprint density at radius 1 is 1.06 bits per heavy atom. The Kier molecular flexibility index (Phi) is 16.6. The van der Waals surface area contributed by atoms with Crippen molar-refractivity contribution < 1.29 is 92.2 Å². The molecule has 0 spiro atoms. The Morgan fingerprint density at radius 2 is 1.44 bits per heavy atom. The zero-order valence-corrected chi connectivity index (χ0v) is 17.0. The molecule has 0 aliphatic rings. The molecule has 11 heteroatoms. The molecule has 0 aliphatic carbocycles. The maximum Gasteiger partial charge on any atom is 1.00 e. The van der Waals surface area contributed by atoms with Gasteiger partial charge in [0.2, 0.25) is 0 Å². The fraction of sp³-hybridized carbons (Fsp3) is 1.00. The third kappa shape index (κ3) is 13.3. The van der Waals surface area contributed by atoms with Crippen molar-refractivity contribution in [2.24, 2.45) is 0 Å². The van der Waals surface area contributed by atoms with E-state index < -0.39 is 33.6 Å². The third-order valence-electron chi connectivity index (χ3n) is 1.52. The molecule has 0 fully saturated rings. The first-order valence-electron chi connectivity index (χ1n) is 4.79. The first-order valence-corrected chi connectivity index (χ1v) is 8.25. The van der Waals surface area contributed by atoms with Gasteiger partial charge >= 0.3 is 66.7 Å². The van der Waals surface area contributed by atoms with Gasteiger partial charge in [0.25, 0.3) is 0 Å². The minimum absolute atomic E-state index is 0. The van der Waals surface area contributed by atoms with Crippen LogP contribution >= 0.6 is 15.2 Å². The maximum atomic E-state index is 11.8. The molecule has 98 valence electrons. The molecule has 7 nitrogen and oxygen atoms in total. The third-order valence-corrected chi connectivity index (χ3v) is 4.56. The van der Waals surface area contributed by atoms with E-state index in [4.69, 9.17) is 9.05 Å². The van der Waals surface area contributed by atoms with Crippen LogP contribution in [-0.2, 0) is 18.2 Å². The van der Waals surface area contributed by atoms with E-state index in [1.54, 1.807) is 13.8 Å². The summed E-state index contributed by atoms with van der Waals surface area (Å²) in [5.74, 6) is 0. The van der Waals surface area contributed by atoms with Gasteiger partial charge in [0, 0.05) is 6.16 Å². The van der Waals surface area contributed by atoms with Gasteiger partial charge < -0.3 is 28.5 Å². The summed E-state index contributed by atoms with van der Waals surface area (Å²) in [5, 5.41) is 9.27. The van der Waals surface area contributed by atoms with E-state index in [1.165, 1.54) is 0 Å². The quantitative estimate of drug-likeness (QED) is 0.349. The van der Waals surface area contributed by atoms with E-state index in [1.807, 2.05) is 0 Å². The minimum atomic E-state index is -4.83. The molecule has 0 bridgehead atoms. The fourth-order valence-electron chi connectivity index (χ4n) is 1.11. The molecule has 18 heavy (non-hydrogen) atoms. The molecule has 0 aliphatic heterocycles. The van der Waals surface area contributed by atoms with E-state index in [9.17, 15) is 24.0 Å². The molecular formula is C7H16Na2O7P2. The summed E-state index contributed by atoms with van der Waals surface area (Å²) < 4.78 is 31.9. The van der Waals surface area contributed by atoms with Crippen molar-refractivity contribution in [3.05, 3.63) is 0 Å². The van der Waals surface area contributed by atoms with Crippen molar-refractivity contribution in [3.8, 4) is 0 Å². The molecule has 1 atom stereocenters. The molecule has 0 saturated carbocycles. The van der Waals surface area contributed by atoms with Crippen LogP contribution in [0.25, 0.3) is 0 Å². The van der Waals surface area contributed by atoms with Crippen molar-refractivity contribution in [1.82, 2.24) is 0 Å². The summed E-state index contributed by atoms with van der Waals surface area (Å²) in [5.41, 5.74) is 0. The smallest absolute Gasteiger partial charge is 0.811 e. The zero-order valence-electron chi connectivity index (χ0n) is 11.2. The van der Waals surface area contributed by atoms with Gasteiger partial charge in [-0.25, -0.2) is 0 Å². The van der Waals surface area contributed by atoms with Crippen LogP contribution in [0.15, 0.2) is 0 Å². The largest absolute Gasteiger partial charge is 1.00 e. The second kappa shape index (κ2) is 11.9. The fourth-order valence-corrected chi connectivity index (χ4v) is 3.68. The predicted molar refractivity (Wildman–Crippen MR) is 54.2 cm³/mol. The zero-order chi connectivity index (χ0) is 12.8. The van der Waals surface area contributed by atoms with Crippen LogP contribution in [-0.4, -0.2) is 36.7 Å². The number of hydrogen-bond acceptors (Lipinski definition) is 7. The molecule has 0 aromatic carbocycles. The topological polar surface area (TPSA) is 119 Å². The van der Waals surface area contributed by atoms with E-state index in [0.717, 1.165) is 0 Å². The SMILES string of the molecule is CCOP(=O)(CC(O)CP(=O)([O-])[O-])OCC.[Na+].[Na+]. The molecule has 1 N–H and O–H groups in total. The van der Waals surface area contributed by atoms with Gasteiger partial charge in [0.15, 0.2) is 0 Å². The Bertz CT molecular complexity index is 286. The van der Waals surface area contributed by atoms with Crippen molar-refractivity contribution in [1.29, 1.82) is 0 Å². The predicted octanol–water partition coefficient (Wildman–Crippen LogP) is -6.46. The maximum absolute atomic E-state index is 11.8. The Labute approximate surface area is 151 Å². The van der Waals surface area contributed by atoms with Gasteiger partial charge in [-0.15, -0.1) is 0 Å². The molecule has 0 aromatic rings. The Balaban J connectivity index is -0.00000112. The van der Waals surface area contributed by atoms with Gasteiger partial charge in [-0.1, -0.05) is 7.60 Å². The second-order valence-electron chi connectivity index (χ2n) is 3.08. The van der Waals surface area contributed by atoms with E-state index in [0.29, 0.717) is 0 Å². The molecule has 0 heterocycles. The summed E-state index contributed by atoms with van der Waals surface area (Å²) in [6, 6.07) is 0. The Morgan fingerprint density at radius 3 is 1.72 bits per heavy atom. The number of aliphatic hydroxyl groups excluding tert-OH is 1. The first-order chi connectivity index (χ1) is 7.22. The number of hydrogen-bond donors (Lipinski definition) is 1. The minimum Gasteiger partial charge on any atom is -0.811 e. The summed E-state index contributed by atoms with van der Waals surface area (Å²) in [6.45, 7) is 3.39. The molecule has 0 rings (SSSR count). The molecule has 1 unspecified atom stereocenters. The average Bonchev–Trinajstić information content (AvgIpc) is 1.99. The van der Waals surface area contributed by atoms with Crippen molar-refractivity contribution in [2.45, 2.75) is 20.0 Å². The van der Waals surface area contributed by atoms with Crippen LogP contribution in [0.5, 0.6) is 0 Å². The van der Waals surface area contributed by atoms with Crippen LogP contribution in [0.1, 0.15) is 13.8 Å². The van der Waals surface area contributed by atoms with Crippen LogP contribution in [0.3, 0.4) is 0 Å². The van der Waals surface area contributed by atoms with Crippen LogP contribution in [0.2, 0.25) is 0 Å². The van der Waals surface area contributed by atoms with Gasteiger partial charge in [-0.05, 0) is 13.8 Å². The second-order valence-corrected chi connectivity index (χ2v) is 6.77. The Hall–Kier alpha value is 2.26. The van der Waals surface area contributed by atoms with Crippen molar-refractivity contribution in [3.63, 3.8) is 0 Å². The van der Waals surface area contributed by atoms with Crippen molar-refractivity contribution >= 4 is 15.2 Å². The van der Waals surface area contributed by atoms with Crippen LogP contribution in [0, 0.1) is 0 Å². The molecule has 0 amide bonds. The van der Waals surface area contributed by atoms with Gasteiger partial charge in [0.05, 0.1) is 25.5 Å². The van der Waals surface area contributed by atoms with Gasteiger partial charge in [-0.2, -0.15) is 0 Å². The molecular weight excluding hydrogens is 304 g/mol. The summed E-state index contributed by atoms with van der Waals surface area (Å²) in [4.78, 5) is 20.8.